The minimum atomic E-state index is -0.366. The average Bonchev–Trinajstić information content (AvgIpc) is 2.89. The van der Waals surface area contributed by atoms with Crippen molar-refractivity contribution in [2.75, 3.05) is 7.11 Å². The number of ether oxygens (including phenoxy) is 1. The van der Waals surface area contributed by atoms with E-state index in [-0.39, 0.29) is 17.4 Å². The molecule has 0 atom stereocenters. The second-order valence-corrected chi connectivity index (χ2v) is 5.33. The van der Waals surface area contributed by atoms with Gasteiger partial charge in [0, 0.05) is 10.9 Å². The van der Waals surface area contributed by atoms with Gasteiger partial charge in [-0.2, -0.15) is 0 Å². The molecule has 3 rings (SSSR count). The number of hydrogen-bond acceptors (Lipinski definition) is 3. The van der Waals surface area contributed by atoms with Crippen molar-refractivity contribution in [1.82, 2.24) is 0 Å². The van der Waals surface area contributed by atoms with E-state index in [0.29, 0.717) is 26.8 Å². The fourth-order valence-electron chi connectivity index (χ4n) is 2.08. The Morgan fingerprint density at radius 3 is 2.71 bits per heavy atom. The Morgan fingerprint density at radius 2 is 2.00 bits per heavy atom. The van der Waals surface area contributed by atoms with E-state index in [1.54, 1.807) is 31.4 Å². The molecule has 0 aliphatic rings. The van der Waals surface area contributed by atoms with Crippen LogP contribution >= 0.6 is 15.9 Å². The number of halogens is 2. The maximum absolute atomic E-state index is 13.2. The van der Waals surface area contributed by atoms with Crippen LogP contribution in [0.25, 0.3) is 11.0 Å². The van der Waals surface area contributed by atoms with Crippen molar-refractivity contribution in [3.8, 4) is 5.75 Å². The third kappa shape index (κ3) is 2.56. The highest BCUT2D eigenvalue weighted by Gasteiger charge is 2.16. The molecule has 0 amide bonds. The summed E-state index contributed by atoms with van der Waals surface area (Å²) in [6.45, 7) is 0. The minimum absolute atomic E-state index is 0.174. The Labute approximate surface area is 128 Å². The highest BCUT2D eigenvalue weighted by molar-refractivity contribution is 9.10. The number of methoxy groups -OCH3 is 1. The second-order valence-electron chi connectivity index (χ2n) is 4.47. The minimum Gasteiger partial charge on any atom is -0.496 e. The predicted octanol–water partition coefficient (Wildman–Crippen LogP) is 4.57. The summed E-state index contributed by atoms with van der Waals surface area (Å²) in [5.41, 5.74) is 0.939. The van der Waals surface area contributed by atoms with Crippen LogP contribution in [0.3, 0.4) is 0 Å². The fourth-order valence-corrected chi connectivity index (χ4v) is 2.62. The number of ketones is 1. The maximum atomic E-state index is 13.2. The Kier molecular flexibility index (Phi) is 3.51. The number of benzene rings is 2. The van der Waals surface area contributed by atoms with Crippen molar-refractivity contribution in [3.63, 3.8) is 0 Å². The lowest BCUT2D eigenvalue weighted by molar-refractivity contribution is 0.101. The Morgan fingerprint density at radius 1 is 1.19 bits per heavy atom. The van der Waals surface area contributed by atoms with E-state index in [1.165, 1.54) is 18.2 Å². The van der Waals surface area contributed by atoms with E-state index in [4.69, 9.17) is 9.15 Å². The molecule has 5 heteroatoms. The monoisotopic (exact) mass is 348 g/mol. The molecule has 106 valence electrons. The van der Waals surface area contributed by atoms with Crippen molar-refractivity contribution in [2.24, 2.45) is 0 Å². The van der Waals surface area contributed by atoms with Gasteiger partial charge < -0.3 is 9.15 Å². The molecule has 0 saturated carbocycles. The van der Waals surface area contributed by atoms with Gasteiger partial charge in [0.15, 0.2) is 5.76 Å². The SMILES string of the molecule is COc1ccc(C(=O)c2cc3cc(F)ccc3o2)cc1Br. The molecule has 2 aromatic carbocycles. The summed E-state index contributed by atoms with van der Waals surface area (Å²) in [6.07, 6.45) is 0. The van der Waals surface area contributed by atoms with Crippen LogP contribution < -0.4 is 4.74 Å². The molecule has 0 radical (unpaired) electrons. The predicted molar refractivity (Wildman–Crippen MR) is 80.3 cm³/mol. The largest absolute Gasteiger partial charge is 0.496 e. The van der Waals surface area contributed by atoms with E-state index >= 15 is 0 Å². The molecular weight excluding hydrogens is 339 g/mol. The Balaban J connectivity index is 2.01. The van der Waals surface area contributed by atoms with Gasteiger partial charge >= 0.3 is 0 Å². The lowest BCUT2D eigenvalue weighted by atomic mass is 10.1. The highest BCUT2D eigenvalue weighted by Crippen LogP contribution is 2.28. The first-order valence-electron chi connectivity index (χ1n) is 6.16. The van der Waals surface area contributed by atoms with Crippen molar-refractivity contribution >= 4 is 32.7 Å². The summed E-state index contributed by atoms with van der Waals surface area (Å²) in [5, 5.41) is 0.561. The lowest BCUT2D eigenvalue weighted by Crippen LogP contribution is -1.99. The molecule has 0 fully saturated rings. The summed E-state index contributed by atoms with van der Waals surface area (Å²) in [5.74, 6) is 0.176. The van der Waals surface area contributed by atoms with Crippen LogP contribution in [0.4, 0.5) is 4.39 Å². The molecule has 3 aromatic rings. The van der Waals surface area contributed by atoms with Gasteiger partial charge in [0.1, 0.15) is 17.1 Å². The summed E-state index contributed by atoms with van der Waals surface area (Å²) < 4.78 is 24.4. The van der Waals surface area contributed by atoms with E-state index in [1.807, 2.05) is 0 Å². The molecular formula is C16H10BrFO3. The number of carbonyl (C=O) groups is 1. The Hall–Kier alpha value is -2.14. The maximum Gasteiger partial charge on any atom is 0.228 e. The fraction of sp³-hybridized carbons (Fsp3) is 0.0625. The molecule has 3 nitrogen and oxygen atoms in total. The topological polar surface area (TPSA) is 39.4 Å². The number of furan rings is 1. The molecule has 0 aliphatic carbocycles. The van der Waals surface area contributed by atoms with Crippen LogP contribution in [0.1, 0.15) is 16.1 Å². The molecule has 21 heavy (non-hydrogen) atoms. The van der Waals surface area contributed by atoms with Gasteiger partial charge in [0.25, 0.3) is 0 Å². The highest BCUT2D eigenvalue weighted by atomic mass is 79.9. The van der Waals surface area contributed by atoms with Gasteiger partial charge in [0.2, 0.25) is 5.78 Å². The van der Waals surface area contributed by atoms with Crippen LogP contribution in [-0.4, -0.2) is 12.9 Å². The summed E-state index contributed by atoms with van der Waals surface area (Å²) >= 11 is 3.33. The van der Waals surface area contributed by atoms with Gasteiger partial charge in [-0.1, -0.05) is 0 Å². The molecule has 1 aromatic heterocycles. The Bertz CT molecular complexity index is 839. The number of rotatable bonds is 3. The molecule has 0 unspecified atom stereocenters. The third-order valence-corrected chi connectivity index (χ3v) is 3.74. The summed E-state index contributed by atoms with van der Waals surface area (Å²) in [7, 11) is 1.55. The number of hydrogen-bond donors (Lipinski definition) is 0. The molecule has 1 heterocycles. The van der Waals surface area contributed by atoms with Gasteiger partial charge in [-0.15, -0.1) is 0 Å². The van der Waals surface area contributed by atoms with Crippen molar-refractivity contribution in [1.29, 1.82) is 0 Å². The summed E-state index contributed by atoms with van der Waals surface area (Å²) in [6, 6.07) is 10.7. The molecule has 0 saturated heterocycles. The van der Waals surface area contributed by atoms with E-state index in [0.717, 1.165) is 0 Å². The zero-order valence-corrected chi connectivity index (χ0v) is 12.6. The number of fused-ring (bicyclic) bond motifs is 1. The first-order valence-corrected chi connectivity index (χ1v) is 6.95. The van der Waals surface area contributed by atoms with Crippen LogP contribution in [0.2, 0.25) is 0 Å². The molecule has 0 aliphatic heterocycles. The van der Waals surface area contributed by atoms with Crippen LogP contribution in [0.15, 0.2) is 51.4 Å². The van der Waals surface area contributed by atoms with Gasteiger partial charge in [0.05, 0.1) is 11.6 Å². The number of carbonyl (C=O) groups excluding carboxylic acids is 1. The van der Waals surface area contributed by atoms with Gasteiger partial charge in [-0.3, -0.25) is 4.79 Å². The van der Waals surface area contributed by atoms with Crippen LogP contribution in [0.5, 0.6) is 5.75 Å². The molecule has 0 bridgehead atoms. The van der Waals surface area contributed by atoms with E-state index < -0.39 is 0 Å². The van der Waals surface area contributed by atoms with Crippen molar-refractivity contribution in [3.05, 3.63) is 64.1 Å². The first-order chi connectivity index (χ1) is 10.1. The quantitative estimate of drug-likeness (QED) is 0.650. The van der Waals surface area contributed by atoms with Crippen molar-refractivity contribution in [2.45, 2.75) is 0 Å². The standard InChI is InChI=1S/C16H10BrFO3/c1-20-14-4-2-9(7-12(14)17)16(19)15-8-10-6-11(18)3-5-13(10)21-15/h2-8H,1H3. The normalized spacial score (nSPS) is 10.8. The van der Waals surface area contributed by atoms with Gasteiger partial charge in [-0.25, -0.2) is 4.39 Å². The lowest BCUT2D eigenvalue weighted by Gasteiger charge is -2.04. The molecule has 0 N–H and O–H groups in total. The van der Waals surface area contributed by atoms with E-state index in [2.05, 4.69) is 15.9 Å². The zero-order chi connectivity index (χ0) is 15.0. The summed E-state index contributed by atoms with van der Waals surface area (Å²) in [4.78, 5) is 12.4. The zero-order valence-electron chi connectivity index (χ0n) is 11.0. The molecule has 0 spiro atoms. The average molecular weight is 349 g/mol. The van der Waals surface area contributed by atoms with E-state index in [9.17, 15) is 9.18 Å². The first kappa shape index (κ1) is 13.8. The van der Waals surface area contributed by atoms with Crippen LogP contribution in [0, 0.1) is 5.82 Å². The second kappa shape index (κ2) is 5.33. The van der Waals surface area contributed by atoms with Gasteiger partial charge in [-0.05, 0) is 58.4 Å². The third-order valence-electron chi connectivity index (χ3n) is 3.12. The van der Waals surface area contributed by atoms with Crippen molar-refractivity contribution < 1.29 is 18.3 Å². The van der Waals surface area contributed by atoms with Crippen LogP contribution in [-0.2, 0) is 0 Å². The smallest absolute Gasteiger partial charge is 0.228 e.